The number of benzene rings is 2. The number of nitrogens with zero attached hydrogens (tertiary/aromatic N) is 1. The Labute approximate surface area is 176 Å². The van der Waals surface area contributed by atoms with E-state index in [9.17, 15) is 16.8 Å². The molecule has 7 nitrogen and oxygen atoms in total. The highest BCUT2D eigenvalue weighted by Gasteiger charge is 2.27. The van der Waals surface area contributed by atoms with Gasteiger partial charge in [0.25, 0.3) is 10.0 Å². The molecule has 0 saturated heterocycles. The monoisotopic (exact) mass is 458 g/mol. The lowest BCUT2D eigenvalue weighted by atomic mass is 10.0. The Morgan fingerprint density at radius 3 is 2.55 bits per heavy atom. The van der Waals surface area contributed by atoms with Gasteiger partial charge in [0.1, 0.15) is 10.6 Å². The molecule has 0 radical (unpaired) electrons. The van der Waals surface area contributed by atoms with E-state index in [0.29, 0.717) is 25.1 Å². The molecular formula is C19H23ClN2O5S2. The molecule has 0 fully saturated rings. The summed E-state index contributed by atoms with van der Waals surface area (Å²) >= 11 is 5.95. The summed E-state index contributed by atoms with van der Waals surface area (Å²) in [5.74, 6) is 0.278. The molecule has 0 bridgehead atoms. The average molecular weight is 459 g/mol. The predicted molar refractivity (Wildman–Crippen MR) is 113 cm³/mol. The van der Waals surface area contributed by atoms with Crippen LogP contribution in [0.25, 0.3) is 0 Å². The third-order valence-electron chi connectivity index (χ3n) is 4.71. The summed E-state index contributed by atoms with van der Waals surface area (Å²) in [6, 6.07) is 9.53. The largest absolute Gasteiger partial charge is 0.495 e. The third kappa shape index (κ3) is 4.85. The average Bonchev–Trinajstić information content (AvgIpc) is 2.67. The van der Waals surface area contributed by atoms with Crippen LogP contribution in [0.5, 0.6) is 5.75 Å². The standard InChI is InChI=1S/C19H23ClN2O5S2/c1-3-10-28(23,24)22-9-8-14-4-6-17(11-15(14)13-22)21-29(25,26)19-12-16(20)5-7-18(19)27-2/h4-7,11-12,21H,3,8-10,13H2,1-2H3. The molecule has 0 atom stereocenters. The van der Waals surface area contributed by atoms with Gasteiger partial charge in [0.15, 0.2) is 0 Å². The zero-order chi connectivity index (χ0) is 21.2. The molecule has 3 rings (SSSR count). The lowest BCUT2D eigenvalue weighted by Crippen LogP contribution is -2.37. The van der Waals surface area contributed by atoms with Crippen molar-refractivity contribution in [3.05, 3.63) is 52.5 Å². The van der Waals surface area contributed by atoms with E-state index in [0.717, 1.165) is 11.1 Å². The van der Waals surface area contributed by atoms with E-state index < -0.39 is 20.0 Å². The maximum absolute atomic E-state index is 12.9. The van der Waals surface area contributed by atoms with Gasteiger partial charge >= 0.3 is 0 Å². The van der Waals surface area contributed by atoms with Crippen LogP contribution >= 0.6 is 11.6 Å². The maximum atomic E-state index is 12.9. The molecule has 29 heavy (non-hydrogen) atoms. The van der Waals surface area contributed by atoms with Crippen molar-refractivity contribution in [1.82, 2.24) is 4.31 Å². The summed E-state index contributed by atoms with van der Waals surface area (Å²) in [5, 5.41) is 0.272. The fourth-order valence-corrected chi connectivity index (χ4v) is 6.25. The number of nitrogens with one attached hydrogen (secondary N) is 1. The highest BCUT2D eigenvalue weighted by Crippen LogP contribution is 2.30. The first-order valence-corrected chi connectivity index (χ1v) is 12.6. The van der Waals surface area contributed by atoms with Crippen molar-refractivity contribution < 1.29 is 21.6 Å². The fraction of sp³-hybridized carbons (Fsp3) is 0.368. The van der Waals surface area contributed by atoms with Gasteiger partial charge in [-0.25, -0.2) is 16.8 Å². The van der Waals surface area contributed by atoms with Crippen molar-refractivity contribution >= 4 is 37.3 Å². The topological polar surface area (TPSA) is 92.8 Å². The van der Waals surface area contributed by atoms with Crippen molar-refractivity contribution in [3.8, 4) is 5.75 Å². The lowest BCUT2D eigenvalue weighted by Gasteiger charge is -2.28. The van der Waals surface area contributed by atoms with E-state index in [4.69, 9.17) is 16.3 Å². The van der Waals surface area contributed by atoms with Crippen LogP contribution in [-0.2, 0) is 33.0 Å². The molecule has 0 amide bonds. The van der Waals surface area contributed by atoms with Gasteiger partial charge in [-0.3, -0.25) is 4.72 Å². The summed E-state index contributed by atoms with van der Waals surface area (Å²) in [6.07, 6.45) is 1.14. The van der Waals surface area contributed by atoms with Crippen molar-refractivity contribution in [2.24, 2.45) is 0 Å². The van der Waals surface area contributed by atoms with Crippen LogP contribution in [0.3, 0.4) is 0 Å². The minimum absolute atomic E-state index is 0.0719. The smallest absolute Gasteiger partial charge is 0.265 e. The maximum Gasteiger partial charge on any atom is 0.265 e. The summed E-state index contributed by atoms with van der Waals surface area (Å²) in [6.45, 7) is 2.49. The third-order valence-corrected chi connectivity index (χ3v) is 8.37. The van der Waals surface area contributed by atoms with E-state index in [-0.39, 0.29) is 28.0 Å². The summed E-state index contributed by atoms with van der Waals surface area (Å²) < 4.78 is 59.6. The second kappa shape index (κ2) is 8.51. The van der Waals surface area contributed by atoms with Crippen LogP contribution in [0.15, 0.2) is 41.3 Å². The number of hydrogen-bond donors (Lipinski definition) is 1. The van der Waals surface area contributed by atoms with E-state index >= 15 is 0 Å². The first kappa shape index (κ1) is 21.9. The molecule has 2 aromatic carbocycles. The fourth-order valence-electron chi connectivity index (χ4n) is 3.29. The minimum atomic E-state index is -3.95. The molecule has 0 unspecified atom stereocenters. The Kier molecular flexibility index (Phi) is 6.42. The van der Waals surface area contributed by atoms with Crippen molar-refractivity contribution in [2.45, 2.75) is 31.2 Å². The van der Waals surface area contributed by atoms with E-state index in [2.05, 4.69) is 4.72 Å². The summed E-state index contributed by atoms with van der Waals surface area (Å²) in [7, 11) is -5.88. The number of methoxy groups -OCH3 is 1. The molecule has 1 aliphatic heterocycles. The van der Waals surface area contributed by atoms with E-state index in [1.807, 2.05) is 13.0 Å². The van der Waals surface area contributed by atoms with Gasteiger partial charge in [-0.1, -0.05) is 24.6 Å². The SMILES string of the molecule is CCCS(=O)(=O)N1CCc2ccc(NS(=O)(=O)c3cc(Cl)ccc3OC)cc2C1. The molecule has 0 aliphatic carbocycles. The van der Waals surface area contributed by atoms with Crippen molar-refractivity contribution in [2.75, 3.05) is 24.1 Å². The predicted octanol–water partition coefficient (Wildman–Crippen LogP) is 3.25. The molecule has 1 heterocycles. The Hall–Kier alpha value is -1.81. The van der Waals surface area contributed by atoms with Gasteiger partial charge in [-0.15, -0.1) is 0 Å². The highest BCUT2D eigenvalue weighted by molar-refractivity contribution is 7.92. The van der Waals surface area contributed by atoms with Crippen LogP contribution in [-0.4, -0.2) is 40.5 Å². The molecule has 0 aromatic heterocycles. The number of ether oxygens (including phenoxy) is 1. The van der Waals surface area contributed by atoms with Crippen LogP contribution in [0.4, 0.5) is 5.69 Å². The minimum Gasteiger partial charge on any atom is -0.495 e. The quantitative estimate of drug-likeness (QED) is 0.687. The molecule has 1 N–H and O–H groups in total. The molecule has 10 heteroatoms. The summed E-state index contributed by atoms with van der Waals surface area (Å²) in [4.78, 5) is -0.0719. The lowest BCUT2D eigenvalue weighted by molar-refractivity contribution is 0.391. The Morgan fingerprint density at radius 1 is 1.10 bits per heavy atom. The van der Waals surface area contributed by atoms with Crippen LogP contribution in [0, 0.1) is 0 Å². The molecule has 158 valence electrons. The Balaban J connectivity index is 1.88. The second-order valence-corrected chi connectivity index (χ2v) is 11.0. The van der Waals surface area contributed by atoms with Gasteiger partial charge in [-0.2, -0.15) is 4.31 Å². The van der Waals surface area contributed by atoms with Crippen LogP contribution in [0.2, 0.25) is 5.02 Å². The number of fused-ring (bicyclic) bond motifs is 1. The van der Waals surface area contributed by atoms with Crippen LogP contribution in [0.1, 0.15) is 24.5 Å². The molecule has 2 aromatic rings. The van der Waals surface area contributed by atoms with Gasteiger partial charge < -0.3 is 4.74 Å². The Morgan fingerprint density at radius 2 is 1.86 bits per heavy atom. The van der Waals surface area contributed by atoms with E-state index in [1.54, 1.807) is 18.2 Å². The van der Waals surface area contributed by atoms with Gasteiger partial charge in [0, 0.05) is 23.8 Å². The first-order valence-electron chi connectivity index (χ1n) is 9.12. The van der Waals surface area contributed by atoms with Crippen LogP contribution < -0.4 is 9.46 Å². The van der Waals surface area contributed by atoms with Crippen molar-refractivity contribution in [3.63, 3.8) is 0 Å². The zero-order valence-corrected chi connectivity index (χ0v) is 18.6. The molecular weight excluding hydrogens is 436 g/mol. The number of hydrogen-bond acceptors (Lipinski definition) is 5. The number of sulfonamides is 2. The first-order chi connectivity index (χ1) is 13.7. The molecule has 0 saturated carbocycles. The van der Waals surface area contributed by atoms with Gasteiger partial charge in [0.2, 0.25) is 10.0 Å². The molecule has 0 spiro atoms. The second-order valence-electron chi connectivity index (χ2n) is 6.78. The zero-order valence-electron chi connectivity index (χ0n) is 16.2. The highest BCUT2D eigenvalue weighted by atomic mass is 35.5. The summed E-state index contributed by atoms with van der Waals surface area (Å²) in [5.41, 5.74) is 2.14. The van der Waals surface area contributed by atoms with Crippen molar-refractivity contribution in [1.29, 1.82) is 0 Å². The van der Waals surface area contributed by atoms with E-state index in [1.165, 1.54) is 23.5 Å². The normalized spacial score (nSPS) is 15.0. The number of anilines is 1. The molecule has 1 aliphatic rings. The number of rotatable bonds is 7. The number of halogens is 1. The van der Waals surface area contributed by atoms with Gasteiger partial charge in [0.05, 0.1) is 12.9 Å². The Bertz CT molecular complexity index is 1120. The van der Waals surface area contributed by atoms with Gasteiger partial charge in [-0.05, 0) is 54.3 Å².